The lowest BCUT2D eigenvalue weighted by molar-refractivity contribution is -0.125. The number of nitrogens with zero attached hydrogens (tertiary/aromatic N) is 4. The minimum Gasteiger partial charge on any atom is -0.377 e. The average Bonchev–Trinajstić information content (AvgIpc) is 3.40. The van der Waals surface area contributed by atoms with Crippen molar-refractivity contribution in [2.24, 2.45) is 16.3 Å². The number of pyridine rings is 1. The molecule has 2 aromatic rings. The molecule has 138 valence electrons. The first-order chi connectivity index (χ1) is 12.8. The molecule has 7 nitrogen and oxygen atoms in total. The summed E-state index contributed by atoms with van der Waals surface area (Å²) in [5.74, 6) is 2.36. The van der Waals surface area contributed by atoms with Gasteiger partial charge in [0, 0.05) is 37.2 Å². The van der Waals surface area contributed by atoms with E-state index in [9.17, 15) is 0 Å². The van der Waals surface area contributed by atoms with Crippen LogP contribution in [0.3, 0.4) is 0 Å². The maximum atomic E-state index is 6.08. The van der Waals surface area contributed by atoms with Crippen molar-refractivity contribution in [3.63, 3.8) is 0 Å². The molecule has 2 N–H and O–H groups in total. The fourth-order valence-corrected chi connectivity index (χ4v) is 5.42. The van der Waals surface area contributed by atoms with Crippen molar-refractivity contribution in [2.45, 2.75) is 50.8 Å². The number of fused-ring (bicyclic) bond motifs is 3. The topological polar surface area (TPSA) is 75.8 Å². The van der Waals surface area contributed by atoms with Gasteiger partial charge in [-0.25, -0.2) is 0 Å². The van der Waals surface area contributed by atoms with Crippen LogP contribution in [0.2, 0.25) is 0 Å². The van der Waals surface area contributed by atoms with E-state index in [1.165, 1.54) is 25.7 Å². The molecule has 1 saturated heterocycles. The Balaban J connectivity index is 1.28. The highest BCUT2D eigenvalue weighted by Gasteiger charge is 2.65. The predicted octanol–water partition coefficient (Wildman–Crippen LogP) is 1.74. The lowest BCUT2D eigenvalue weighted by Crippen LogP contribution is -2.69. The zero-order valence-electron chi connectivity index (χ0n) is 15.2. The summed E-state index contributed by atoms with van der Waals surface area (Å²) in [6, 6.07) is 6.39. The van der Waals surface area contributed by atoms with Crippen LogP contribution in [0.1, 0.15) is 37.9 Å². The summed E-state index contributed by atoms with van der Waals surface area (Å²) in [5.41, 5.74) is 1.18. The van der Waals surface area contributed by atoms with E-state index in [1.807, 2.05) is 35.8 Å². The van der Waals surface area contributed by atoms with Crippen molar-refractivity contribution in [1.29, 1.82) is 0 Å². The molecule has 3 atom stereocenters. The maximum Gasteiger partial charge on any atom is 0.191 e. The van der Waals surface area contributed by atoms with Gasteiger partial charge in [-0.2, -0.15) is 0 Å². The normalized spacial score (nSPS) is 29.7. The van der Waals surface area contributed by atoms with Gasteiger partial charge in [-0.15, -0.1) is 10.2 Å². The first kappa shape index (κ1) is 16.1. The standard InChI is InChI=1S/C19H26N6O/c1-20-18(21-12-15-24-23-14-6-2-5-10-25(14)15)22-16-13-7-11-26-17(13)19(16)8-3-4-9-19/h2,5-6,10,13,16-17H,3-4,7-9,11-12H2,1H3,(H2,20,21,22). The SMILES string of the molecule is CN=C(NCc1nnc2ccccn12)NC1C2CCOC2C12CCCC2. The summed E-state index contributed by atoms with van der Waals surface area (Å²) in [4.78, 5) is 4.45. The van der Waals surface area contributed by atoms with Crippen molar-refractivity contribution < 1.29 is 4.74 Å². The fourth-order valence-electron chi connectivity index (χ4n) is 5.42. The first-order valence-electron chi connectivity index (χ1n) is 9.69. The third-order valence-electron chi connectivity index (χ3n) is 6.60. The number of guanidine groups is 1. The van der Waals surface area contributed by atoms with E-state index in [0.29, 0.717) is 30.0 Å². The lowest BCUT2D eigenvalue weighted by atomic mass is 9.54. The number of rotatable bonds is 3. The number of aromatic nitrogens is 3. The molecule has 1 spiro atoms. The molecule has 5 rings (SSSR count). The second-order valence-corrected chi connectivity index (χ2v) is 7.78. The Bertz CT molecular complexity index is 824. The van der Waals surface area contributed by atoms with Crippen LogP contribution in [0.15, 0.2) is 29.4 Å². The second kappa shape index (κ2) is 6.23. The summed E-state index contributed by atoms with van der Waals surface area (Å²) < 4.78 is 8.08. The highest BCUT2D eigenvalue weighted by Crippen LogP contribution is 2.60. The summed E-state index contributed by atoms with van der Waals surface area (Å²) in [6.45, 7) is 1.50. The molecule has 1 aliphatic heterocycles. The average molecular weight is 354 g/mol. The van der Waals surface area contributed by atoms with Crippen LogP contribution in [0.25, 0.3) is 5.65 Å². The van der Waals surface area contributed by atoms with Gasteiger partial charge in [0.15, 0.2) is 17.4 Å². The molecule has 0 amide bonds. The van der Waals surface area contributed by atoms with Crippen molar-refractivity contribution in [1.82, 2.24) is 25.2 Å². The largest absolute Gasteiger partial charge is 0.377 e. The molecule has 3 fully saturated rings. The molecule has 3 aliphatic rings. The molecule has 26 heavy (non-hydrogen) atoms. The van der Waals surface area contributed by atoms with Crippen molar-refractivity contribution in [3.05, 3.63) is 30.2 Å². The van der Waals surface area contributed by atoms with E-state index in [2.05, 4.69) is 25.8 Å². The van der Waals surface area contributed by atoms with Crippen LogP contribution < -0.4 is 10.6 Å². The van der Waals surface area contributed by atoms with Crippen LogP contribution in [0, 0.1) is 11.3 Å². The summed E-state index contributed by atoms with van der Waals surface area (Å²) in [6.07, 6.45) is 8.81. The van der Waals surface area contributed by atoms with Gasteiger partial charge in [0.1, 0.15) is 0 Å². The molecule has 3 unspecified atom stereocenters. The van der Waals surface area contributed by atoms with Gasteiger partial charge in [0.2, 0.25) is 0 Å². The molecule has 0 bridgehead atoms. The Morgan fingerprint density at radius 1 is 1.35 bits per heavy atom. The highest BCUT2D eigenvalue weighted by molar-refractivity contribution is 5.80. The molecule has 3 heterocycles. The number of hydrogen-bond acceptors (Lipinski definition) is 4. The lowest BCUT2D eigenvalue weighted by Gasteiger charge is -2.57. The zero-order chi connectivity index (χ0) is 17.6. The molecule has 0 radical (unpaired) electrons. The second-order valence-electron chi connectivity index (χ2n) is 7.78. The number of nitrogens with one attached hydrogen (secondary N) is 2. The Morgan fingerprint density at radius 3 is 3.08 bits per heavy atom. The van der Waals surface area contributed by atoms with E-state index in [1.54, 1.807) is 0 Å². The van der Waals surface area contributed by atoms with Crippen LogP contribution in [-0.2, 0) is 11.3 Å². The van der Waals surface area contributed by atoms with Crippen molar-refractivity contribution in [3.8, 4) is 0 Å². The van der Waals surface area contributed by atoms with Gasteiger partial charge in [-0.1, -0.05) is 18.9 Å². The molecular formula is C19H26N6O. The van der Waals surface area contributed by atoms with Crippen LogP contribution in [0.5, 0.6) is 0 Å². The quantitative estimate of drug-likeness (QED) is 0.649. The molecular weight excluding hydrogens is 328 g/mol. The predicted molar refractivity (Wildman–Crippen MR) is 98.9 cm³/mol. The van der Waals surface area contributed by atoms with Gasteiger partial charge in [-0.05, 0) is 31.4 Å². The van der Waals surface area contributed by atoms with Crippen molar-refractivity contribution >= 4 is 11.6 Å². The molecule has 7 heteroatoms. The van der Waals surface area contributed by atoms with E-state index in [0.717, 1.165) is 30.5 Å². The fraction of sp³-hybridized carbons (Fsp3) is 0.632. The molecule has 2 aliphatic carbocycles. The van der Waals surface area contributed by atoms with E-state index < -0.39 is 0 Å². The monoisotopic (exact) mass is 354 g/mol. The Morgan fingerprint density at radius 2 is 2.23 bits per heavy atom. The van der Waals surface area contributed by atoms with Crippen LogP contribution in [0.4, 0.5) is 0 Å². The summed E-state index contributed by atoms with van der Waals surface area (Å²) >= 11 is 0. The van der Waals surface area contributed by atoms with Crippen LogP contribution in [-0.4, -0.2) is 46.4 Å². The number of ether oxygens (including phenoxy) is 1. The first-order valence-corrected chi connectivity index (χ1v) is 9.69. The van der Waals surface area contributed by atoms with Gasteiger partial charge >= 0.3 is 0 Å². The smallest absolute Gasteiger partial charge is 0.191 e. The Labute approximate surface area is 153 Å². The zero-order valence-corrected chi connectivity index (χ0v) is 15.2. The molecule has 2 aromatic heterocycles. The number of hydrogen-bond donors (Lipinski definition) is 2. The van der Waals surface area contributed by atoms with Gasteiger partial charge in [0.05, 0.1) is 12.6 Å². The van der Waals surface area contributed by atoms with Gasteiger partial charge in [0.25, 0.3) is 0 Å². The van der Waals surface area contributed by atoms with Crippen LogP contribution >= 0.6 is 0 Å². The van der Waals surface area contributed by atoms with E-state index in [-0.39, 0.29) is 0 Å². The highest BCUT2D eigenvalue weighted by atomic mass is 16.5. The van der Waals surface area contributed by atoms with Gasteiger partial charge in [-0.3, -0.25) is 9.39 Å². The summed E-state index contributed by atoms with van der Waals surface area (Å²) in [7, 11) is 1.83. The molecule has 0 aromatic carbocycles. The third kappa shape index (κ3) is 2.33. The maximum absolute atomic E-state index is 6.08. The van der Waals surface area contributed by atoms with E-state index in [4.69, 9.17) is 4.74 Å². The molecule has 2 saturated carbocycles. The minimum atomic E-state index is 0.320. The number of aliphatic imine (C=N–C) groups is 1. The summed E-state index contributed by atoms with van der Waals surface area (Å²) in [5, 5.41) is 15.6. The Kier molecular flexibility index (Phi) is 3.85. The Hall–Kier alpha value is -2.15. The third-order valence-corrected chi connectivity index (χ3v) is 6.60. The minimum absolute atomic E-state index is 0.320. The van der Waals surface area contributed by atoms with Crippen molar-refractivity contribution in [2.75, 3.05) is 13.7 Å². The van der Waals surface area contributed by atoms with Gasteiger partial charge < -0.3 is 15.4 Å². The van der Waals surface area contributed by atoms with E-state index >= 15 is 0 Å².